The topological polar surface area (TPSA) is 18.5 Å². The van der Waals surface area contributed by atoms with E-state index in [0.717, 1.165) is 38.9 Å². The zero-order chi connectivity index (χ0) is 31.3. The largest absolute Gasteiger partial charge is 0.376 e. The number of allylic oxidation sites excluding steroid dienone is 16. The summed E-state index contributed by atoms with van der Waals surface area (Å²) in [4.78, 5) is 0. The van der Waals surface area contributed by atoms with Crippen molar-refractivity contribution >= 4 is 0 Å². The molecule has 3 aliphatic carbocycles. The van der Waals surface area contributed by atoms with Gasteiger partial charge in [0.1, 0.15) is 0 Å². The van der Waals surface area contributed by atoms with Crippen molar-refractivity contribution in [2.45, 2.75) is 120 Å². The molecule has 2 heteroatoms. The molecular weight excluding hydrogens is 512 g/mol. The van der Waals surface area contributed by atoms with Gasteiger partial charge in [0.15, 0.2) is 0 Å². The fourth-order valence-corrected chi connectivity index (χ4v) is 7.97. The Balaban J connectivity index is 2.30. The molecule has 0 N–H and O–H groups in total. The molecule has 0 aliphatic heterocycles. The molecule has 3 rings (SSSR count). The molecule has 0 aromatic carbocycles. The Bertz CT molecular complexity index is 1210. The van der Waals surface area contributed by atoms with E-state index in [4.69, 9.17) is 9.47 Å². The minimum atomic E-state index is -0.172. The van der Waals surface area contributed by atoms with Gasteiger partial charge in [-0.15, -0.1) is 0 Å². The zero-order valence-electron chi connectivity index (χ0n) is 29.0. The van der Waals surface area contributed by atoms with Crippen LogP contribution in [-0.4, -0.2) is 24.4 Å². The molecule has 0 bridgehead atoms. The Morgan fingerprint density at radius 3 is 1.88 bits per heavy atom. The molecule has 232 valence electrons. The fraction of sp³-hybridized carbons (Fsp3) is 0.600. The van der Waals surface area contributed by atoms with Gasteiger partial charge in [-0.2, -0.15) is 0 Å². The van der Waals surface area contributed by atoms with E-state index in [9.17, 15) is 0 Å². The van der Waals surface area contributed by atoms with Gasteiger partial charge in [-0.3, -0.25) is 0 Å². The highest BCUT2D eigenvalue weighted by molar-refractivity contribution is 5.57. The summed E-state index contributed by atoms with van der Waals surface area (Å²) >= 11 is 0. The first-order valence-corrected chi connectivity index (χ1v) is 16.3. The van der Waals surface area contributed by atoms with Crippen molar-refractivity contribution in [3.63, 3.8) is 0 Å². The van der Waals surface area contributed by atoms with Crippen LogP contribution in [-0.2, 0) is 9.47 Å². The SMILES string of the molecule is C/C=C\C=C1C(C)=C(/C=C\C)C(CCOC(C)(C)C)(CC2(CCOC(C)(C)C)C(/C=C\C)=C(C)C3=CC=CCC32)C\1C. The first-order chi connectivity index (χ1) is 19.7. The third-order valence-corrected chi connectivity index (χ3v) is 9.80. The maximum Gasteiger partial charge on any atom is 0.0598 e. The van der Waals surface area contributed by atoms with E-state index in [1.165, 1.54) is 33.4 Å². The van der Waals surface area contributed by atoms with Crippen LogP contribution in [0.5, 0.6) is 0 Å². The van der Waals surface area contributed by atoms with Crippen LogP contribution < -0.4 is 0 Å². The molecule has 2 nitrogen and oxygen atoms in total. The standard InChI is InChI=1S/C40H60O2/c1-13-16-21-32-29(4)34(19-14-2)39(31(32)6,24-26-41-37(7,8)9)28-40(25-27-42-38(10,11)12)35(20-15-3)30(5)33-22-17-18-23-36(33)40/h13-22,31,36H,23-28H2,1-12H3/b16-13-,19-14-,20-15-,32-21-. The summed E-state index contributed by atoms with van der Waals surface area (Å²) in [7, 11) is 0. The van der Waals surface area contributed by atoms with Gasteiger partial charge in [0.2, 0.25) is 0 Å². The third-order valence-electron chi connectivity index (χ3n) is 9.80. The van der Waals surface area contributed by atoms with Crippen LogP contribution in [0.15, 0.2) is 94.2 Å². The molecule has 0 fully saturated rings. The monoisotopic (exact) mass is 572 g/mol. The number of hydrogen-bond acceptors (Lipinski definition) is 2. The Hall–Kier alpha value is -2.16. The summed E-state index contributed by atoms with van der Waals surface area (Å²) in [5, 5.41) is 0. The minimum absolute atomic E-state index is 0.0441. The molecule has 4 unspecified atom stereocenters. The molecular formula is C40H60O2. The summed E-state index contributed by atoms with van der Waals surface area (Å²) in [6.07, 6.45) is 27.2. The van der Waals surface area contributed by atoms with E-state index in [1.54, 1.807) is 0 Å². The van der Waals surface area contributed by atoms with Crippen LogP contribution in [0.25, 0.3) is 0 Å². The third kappa shape index (κ3) is 7.13. The van der Waals surface area contributed by atoms with Gasteiger partial charge < -0.3 is 9.47 Å². The lowest BCUT2D eigenvalue weighted by molar-refractivity contribution is -0.0368. The lowest BCUT2D eigenvalue weighted by atomic mass is 9.55. The number of ether oxygens (including phenoxy) is 2. The van der Waals surface area contributed by atoms with Crippen molar-refractivity contribution in [2.75, 3.05) is 13.2 Å². The van der Waals surface area contributed by atoms with Crippen LogP contribution in [0, 0.1) is 22.7 Å². The number of rotatable bonds is 11. The van der Waals surface area contributed by atoms with Crippen molar-refractivity contribution < 1.29 is 9.47 Å². The quantitative estimate of drug-likeness (QED) is 0.245. The van der Waals surface area contributed by atoms with Crippen molar-refractivity contribution in [2.24, 2.45) is 22.7 Å². The Kier molecular flexibility index (Phi) is 11.2. The molecule has 3 aliphatic rings. The second kappa shape index (κ2) is 13.6. The lowest BCUT2D eigenvalue weighted by Gasteiger charge is -2.48. The normalized spacial score (nSPS) is 29.8. The van der Waals surface area contributed by atoms with E-state index in [2.05, 4.69) is 144 Å². The molecule has 0 aromatic heterocycles. The Morgan fingerprint density at radius 2 is 1.36 bits per heavy atom. The summed E-state index contributed by atoms with van der Waals surface area (Å²) in [5.41, 5.74) is 8.42. The van der Waals surface area contributed by atoms with E-state index in [1.807, 2.05) is 0 Å². The van der Waals surface area contributed by atoms with Crippen LogP contribution in [0.4, 0.5) is 0 Å². The highest BCUT2D eigenvalue weighted by Gasteiger charge is 2.57. The van der Waals surface area contributed by atoms with E-state index in [-0.39, 0.29) is 22.0 Å². The molecule has 4 atom stereocenters. The van der Waals surface area contributed by atoms with Crippen molar-refractivity contribution in [1.29, 1.82) is 0 Å². The molecule has 42 heavy (non-hydrogen) atoms. The van der Waals surface area contributed by atoms with Gasteiger partial charge in [-0.25, -0.2) is 0 Å². The number of fused-ring (bicyclic) bond motifs is 1. The van der Waals surface area contributed by atoms with Gasteiger partial charge in [-0.05, 0) is 147 Å². The van der Waals surface area contributed by atoms with E-state index < -0.39 is 0 Å². The average Bonchev–Trinajstić information content (AvgIpc) is 3.23. The van der Waals surface area contributed by atoms with Gasteiger partial charge in [0, 0.05) is 24.0 Å². The van der Waals surface area contributed by atoms with Gasteiger partial charge in [-0.1, -0.05) is 67.7 Å². The predicted molar refractivity (Wildman–Crippen MR) is 183 cm³/mol. The van der Waals surface area contributed by atoms with Gasteiger partial charge in [0.05, 0.1) is 11.2 Å². The van der Waals surface area contributed by atoms with Crippen LogP contribution in [0.1, 0.15) is 109 Å². The van der Waals surface area contributed by atoms with E-state index >= 15 is 0 Å². The van der Waals surface area contributed by atoms with Gasteiger partial charge >= 0.3 is 0 Å². The average molecular weight is 573 g/mol. The number of hydrogen-bond donors (Lipinski definition) is 0. The summed E-state index contributed by atoms with van der Waals surface area (Å²) in [6, 6.07) is 0. The summed E-state index contributed by atoms with van der Waals surface area (Å²) < 4.78 is 13.0. The molecule has 0 heterocycles. The smallest absolute Gasteiger partial charge is 0.0598 e. The predicted octanol–water partition coefficient (Wildman–Crippen LogP) is 11.2. The van der Waals surface area contributed by atoms with Crippen LogP contribution in [0.2, 0.25) is 0 Å². The molecule has 0 saturated heterocycles. The second-order valence-corrected chi connectivity index (χ2v) is 14.7. The summed E-state index contributed by atoms with van der Waals surface area (Å²) in [6.45, 7) is 28.2. The summed E-state index contributed by atoms with van der Waals surface area (Å²) in [5.74, 6) is 0.809. The van der Waals surface area contributed by atoms with Crippen molar-refractivity contribution in [3.8, 4) is 0 Å². The first-order valence-electron chi connectivity index (χ1n) is 16.3. The molecule has 0 spiro atoms. The second-order valence-electron chi connectivity index (χ2n) is 14.7. The Labute approximate surface area is 259 Å². The highest BCUT2D eigenvalue weighted by atomic mass is 16.5. The first kappa shape index (κ1) is 34.3. The molecule has 0 radical (unpaired) electrons. The molecule has 0 amide bonds. The van der Waals surface area contributed by atoms with E-state index in [0.29, 0.717) is 11.8 Å². The van der Waals surface area contributed by atoms with Crippen molar-refractivity contribution in [3.05, 3.63) is 94.2 Å². The minimum Gasteiger partial charge on any atom is -0.376 e. The zero-order valence-corrected chi connectivity index (χ0v) is 29.0. The van der Waals surface area contributed by atoms with Gasteiger partial charge in [0.25, 0.3) is 0 Å². The molecule has 0 saturated carbocycles. The maximum absolute atomic E-state index is 6.52. The van der Waals surface area contributed by atoms with Crippen LogP contribution >= 0.6 is 0 Å². The maximum atomic E-state index is 6.52. The Morgan fingerprint density at radius 1 is 0.810 bits per heavy atom. The fourth-order valence-electron chi connectivity index (χ4n) is 7.97. The van der Waals surface area contributed by atoms with Crippen LogP contribution in [0.3, 0.4) is 0 Å². The van der Waals surface area contributed by atoms with Crippen molar-refractivity contribution in [1.82, 2.24) is 0 Å². The highest BCUT2D eigenvalue weighted by Crippen LogP contribution is 2.66. The lowest BCUT2D eigenvalue weighted by Crippen LogP contribution is -2.42. The molecule has 0 aromatic rings.